The third-order valence-corrected chi connectivity index (χ3v) is 6.78. The van der Waals surface area contributed by atoms with Crippen LogP contribution < -0.4 is 10.1 Å². The van der Waals surface area contributed by atoms with E-state index in [0.29, 0.717) is 10.8 Å². The van der Waals surface area contributed by atoms with Crippen LogP contribution in [0.3, 0.4) is 0 Å². The summed E-state index contributed by atoms with van der Waals surface area (Å²) in [5.74, 6) is 1.47. The molecule has 0 bridgehead atoms. The third kappa shape index (κ3) is 6.85. The summed E-state index contributed by atoms with van der Waals surface area (Å²) in [4.78, 5) is 6.16. The molecule has 2 aromatic rings. The lowest BCUT2D eigenvalue weighted by molar-refractivity contribution is 0.177. The molecule has 7 heteroatoms. The number of thiocarbonyl (C=S) groups is 1. The highest BCUT2D eigenvalue weighted by Crippen LogP contribution is 2.27. The van der Waals surface area contributed by atoms with Gasteiger partial charge in [-0.25, -0.2) is 0 Å². The van der Waals surface area contributed by atoms with E-state index < -0.39 is 0 Å². The number of thiophene rings is 1. The van der Waals surface area contributed by atoms with Gasteiger partial charge in [0.25, 0.3) is 0 Å². The van der Waals surface area contributed by atoms with E-state index in [-0.39, 0.29) is 0 Å². The normalized spacial score (nSPS) is 17.1. The molecule has 2 heterocycles. The van der Waals surface area contributed by atoms with E-state index in [4.69, 9.17) is 28.6 Å². The van der Waals surface area contributed by atoms with Crippen LogP contribution in [0.2, 0.25) is 5.02 Å². The predicted octanol–water partition coefficient (Wildman–Crippen LogP) is 5.73. The van der Waals surface area contributed by atoms with Gasteiger partial charge >= 0.3 is 0 Å². The van der Waals surface area contributed by atoms with E-state index in [1.165, 1.54) is 30.8 Å². The van der Waals surface area contributed by atoms with Gasteiger partial charge in [-0.3, -0.25) is 0 Å². The molecule has 1 unspecified atom stereocenters. The van der Waals surface area contributed by atoms with Crippen LogP contribution in [0.1, 0.15) is 31.1 Å². The number of hydrogen-bond acceptors (Lipinski definition) is 4. The average molecular weight is 452 g/mol. The number of hydrogen-bond donors (Lipinski definition) is 1. The van der Waals surface area contributed by atoms with Crippen LogP contribution in [-0.4, -0.2) is 48.2 Å². The maximum atomic E-state index is 6.26. The Bertz CT molecular complexity index is 784. The summed E-state index contributed by atoms with van der Waals surface area (Å²) in [6.45, 7) is 7.68. The minimum Gasteiger partial charge on any atom is -0.495 e. The van der Waals surface area contributed by atoms with E-state index in [9.17, 15) is 0 Å². The lowest BCUT2D eigenvalue weighted by Crippen LogP contribution is -2.39. The predicted molar refractivity (Wildman–Crippen MR) is 128 cm³/mol. The molecule has 1 aliphatic rings. The molecule has 1 N–H and O–H groups in total. The molecule has 0 amide bonds. The van der Waals surface area contributed by atoms with E-state index in [2.05, 4.69) is 39.6 Å². The van der Waals surface area contributed by atoms with Crippen molar-refractivity contribution in [3.8, 4) is 5.75 Å². The van der Waals surface area contributed by atoms with Crippen molar-refractivity contribution in [1.82, 2.24) is 9.80 Å². The van der Waals surface area contributed by atoms with E-state index >= 15 is 0 Å². The molecule has 0 radical (unpaired) electrons. The van der Waals surface area contributed by atoms with Gasteiger partial charge < -0.3 is 19.9 Å². The fraction of sp³-hybridized carbons (Fsp3) is 0.500. The van der Waals surface area contributed by atoms with Crippen LogP contribution in [0.25, 0.3) is 0 Å². The number of nitrogens with zero attached hydrogens (tertiary/aromatic N) is 2. The molecular formula is C22H30ClN3OS2. The van der Waals surface area contributed by atoms with Crippen molar-refractivity contribution >= 4 is 46.0 Å². The van der Waals surface area contributed by atoms with Gasteiger partial charge in [-0.2, -0.15) is 0 Å². The Balaban J connectivity index is 1.59. The standard InChI is InChI=1S/C22H30ClN3OS2/c1-17-6-3-10-25(15-17)11-5-12-26(16-19-7-4-13-29-19)22(28)24-18-8-9-21(27-2)20(23)14-18/h4,7-9,13-14,17H,3,5-6,10-12,15-16H2,1-2H3,(H,24,28). The zero-order valence-corrected chi connectivity index (χ0v) is 19.6. The van der Waals surface area contributed by atoms with Crippen LogP contribution in [0.15, 0.2) is 35.7 Å². The second kappa shape index (κ2) is 11.2. The molecule has 158 valence electrons. The van der Waals surface area contributed by atoms with Gasteiger partial charge in [-0.05, 0) is 80.1 Å². The number of methoxy groups -OCH3 is 1. The number of anilines is 1. The van der Waals surface area contributed by atoms with E-state index in [1.54, 1.807) is 18.4 Å². The maximum absolute atomic E-state index is 6.26. The van der Waals surface area contributed by atoms with Crippen LogP contribution in [0.5, 0.6) is 5.75 Å². The molecule has 1 aromatic heterocycles. The Morgan fingerprint density at radius 1 is 1.41 bits per heavy atom. The first-order valence-electron chi connectivity index (χ1n) is 10.2. The minimum atomic E-state index is 0.573. The summed E-state index contributed by atoms with van der Waals surface area (Å²) < 4.78 is 5.23. The molecule has 0 aliphatic carbocycles. The van der Waals surface area contributed by atoms with Crippen molar-refractivity contribution in [3.05, 3.63) is 45.6 Å². The number of rotatable bonds is 8. The van der Waals surface area contributed by atoms with E-state index in [0.717, 1.165) is 42.8 Å². The third-order valence-electron chi connectivity index (χ3n) is 5.26. The zero-order chi connectivity index (χ0) is 20.6. The molecular weight excluding hydrogens is 422 g/mol. The quantitative estimate of drug-likeness (QED) is 0.517. The average Bonchev–Trinajstić information content (AvgIpc) is 3.20. The summed E-state index contributed by atoms with van der Waals surface area (Å²) in [6.07, 6.45) is 3.78. The number of benzene rings is 1. The van der Waals surface area contributed by atoms with Crippen molar-refractivity contribution in [2.75, 3.05) is 38.6 Å². The second-order valence-corrected chi connectivity index (χ2v) is 9.51. The highest BCUT2D eigenvalue weighted by molar-refractivity contribution is 7.80. The van der Waals surface area contributed by atoms with Crippen LogP contribution in [0.4, 0.5) is 5.69 Å². The smallest absolute Gasteiger partial charge is 0.173 e. The monoisotopic (exact) mass is 451 g/mol. The van der Waals surface area contributed by atoms with Gasteiger partial charge in [0.1, 0.15) is 5.75 Å². The fourth-order valence-corrected chi connectivity index (χ4v) is 5.02. The molecule has 4 nitrogen and oxygen atoms in total. The van der Waals surface area contributed by atoms with Crippen molar-refractivity contribution < 1.29 is 4.74 Å². The molecule has 29 heavy (non-hydrogen) atoms. The summed E-state index contributed by atoms with van der Waals surface area (Å²) >= 11 is 13.8. The lowest BCUT2D eigenvalue weighted by atomic mass is 10.0. The number of likely N-dealkylation sites (tertiary alicyclic amines) is 1. The molecule has 0 saturated carbocycles. The van der Waals surface area contributed by atoms with Crippen LogP contribution in [-0.2, 0) is 6.54 Å². The Labute approximate surface area is 188 Å². The molecule has 3 rings (SSSR count). The molecule has 1 atom stereocenters. The van der Waals surface area contributed by atoms with Crippen LogP contribution >= 0.6 is 35.2 Å². The largest absolute Gasteiger partial charge is 0.495 e. The highest BCUT2D eigenvalue weighted by atomic mass is 35.5. The Kier molecular flexibility index (Phi) is 8.60. The summed E-state index contributed by atoms with van der Waals surface area (Å²) in [5.41, 5.74) is 0.877. The number of ether oxygens (including phenoxy) is 1. The van der Waals surface area contributed by atoms with E-state index in [1.807, 2.05) is 18.2 Å². The van der Waals surface area contributed by atoms with Crippen molar-refractivity contribution in [3.63, 3.8) is 0 Å². The summed E-state index contributed by atoms with van der Waals surface area (Å²) in [5, 5.41) is 6.77. The second-order valence-electron chi connectivity index (χ2n) is 7.68. The number of nitrogens with one attached hydrogen (secondary N) is 1. The van der Waals surface area contributed by atoms with Gasteiger partial charge in [0.05, 0.1) is 18.7 Å². The first kappa shape index (κ1) is 22.3. The first-order chi connectivity index (χ1) is 14.0. The Morgan fingerprint density at radius 3 is 2.97 bits per heavy atom. The van der Waals surface area contributed by atoms with Gasteiger partial charge in [0, 0.05) is 23.7 Å². The van der Waals surface area contributed by atoms with Crippen molar-refractivity contribution in [2.24, 2.45) is 5.92 Å². The highest BCUT2D eigenvalue weighted by Gasteiger charge is 2.17. The molecule has 1 saturated heterocycles. The summed E-state index contributed by atoms with van der Waals surface area (Å²) in [6, 6.07) is 9.90. The molecule has 0 spiro atoms. The van der Waals surface area contributed by atoms with Crippen molar-refractivity contribution in [1.29, 1.82) is 0 Å². The number of halogens is 1. The SMILES string of the molecule is COc1ccc(NC(=S)N(CCCN2CCCC(C)C2)Cc2cccs2)cc1Cl. The van der Waals surface area contributed by atoms with Gasteiger partial charge in [0.2, 0.25) is 0 Å². The summed E-state index contributed by atoms with van der Waals surface area (Å²) in [7, 11) is 1.62. The minimum absolute atomic E-state index is 0.573. The Morgan fingerprint density at radius 2 is 2.28 bits per heavy atom. The van der Waals surface area contributed by atoms with Gasteiger partial charge in [-0.15, -0.1) is 11.3 Å². The van der Waals surface area contributed by atoms with Gasteiger partial charge in [-0.1, -0.05) is 24.6 Å². The molecule has 1 fully saturated rings. The van der Waals surface area contributed by atoms with Crippen LogP contribution in [0, 0.1) is 5.92 Å². The number of piperidine rings is 1. The zero-order valence-electron chi connectivity index (χ0n) is 17.2. The van der Waals surface area contributed by atoms with Gasteiger partial charge in [0.15, 0.2) is 5.11 Å². The molecule has 1 aliphatic heterocycles. The maximum Gasteiger partial charge on any atom is 0.173 e. The Hall–Kier alpha value is -1.34. The molecule has 1 aromatic carbocycles. The topological polar surface area (TPSA) is 27.7 Å². The lowest BCUT2D eigenvalue weighted by Gasteiger charge is -2.32. The fourth-order valence-electron chi connectivity index (χ4n) is 3.76. The van der Waals surface area contributed by atoms with Crippen molar-refractivity contribution in [2.45, 2.75) is 32.7 Å². The first-order valence-corrected chi connectivity index (χ1v) is 11.9.